The summed E-state index contributed by atoms with van der Waals surface area (Å²) in [6.07, 6.45) is -1.17. The quantitative estimate of drug-likeness (QED) is 0.186. The molecule has 0 spiro atoms. The molecule has 1 rings (SSSR count). The summed E-state index contributed by atoms with van der Waals surface area (Å²) in [5, 5.41) is 9.24. The fourth-order valence-corrected chi connectivity index (χ4v) is 3.89. The van der Waals surface area contributed by atoms with Crippen molar-refractivity contribution in [1.82, 2.24) is 0 Å². The van der Waals surface area contributed by atoms with Crippen molar-refractivity contribution in [2.45, 2.75) is 109 Å². The molecule has 0 aromatic heterocycles. The highest BCUT2D eigenvalue weighted by atomic mass is 19.3. The van der Waals surface area contributed by atoms with Gasteiger partial charge in [-0.2, -0.15) is 0 Å². The lowest BCUT2D eigenvalue weighted by molar-refractivity contribution is -0.314. The molecule has 1 fully saturated rings. The highest BCUT2D eigenvalue weighted by Gasteiger charge is 2.57. The zero-order valence-corrected chi connectivity index (χ0v) is 22.0. The van der Waals surface area contributed by atoms with Crippen molar-refractivity contribution in [1.29, 1.82) is 0 Å². The van der Waals surface area contributed by atoms with Crippen molar-refractivity contribution in [3.05, 3.63) is 0 Å². The number of aliphatic carboxylic acids is 1. The Kier molecular flexibility index (Phi) is 16.1. The third kappa shape index (κ3) is 10.9. The van der Waals surface area contributed by atoms with Crippen LogP contribution in [0.3, 0.4) is 0 Å². The van der Waals surface area contributed by atoms with Crippen LogP contribution in [0.5, 0.6) is 0 Å². The standard InChI is InChI=1S/C25H46F2O8/c1-6-9-12-31-16-19-20(32-13-10-7-2)21(33-14-11-8-3)22(34-17-30-5)23(35-19)25(26,27)15-18(4)24(28)29/h18-23H,6-17H2,1-5H3,(H,28,29)/t18-,19-,20+,21+,22-,23+/m1/s1. The lowest BCUT2D eigenvalue weighted by atomic mass is 9.88. The molecular weight excluding hydrogens is 466 g/mol. The van der Waals surface area contributed by atoms with Gasteiger partial charge in [-0.25, -0.2) is 8.78 Å². The summed E-state index contributed by atoms with van der Waals surface area (Å²) in [4.78, 5) is 11.3. The fraction of sp³-hybridized carbons (Fsp3) is 0.960. The van der Waals surface area contributed by atoms with E-state index in [1.807, 2.05) is 20.8 Å². The highest BCUT2D eigenvalue weighted by Crippen LogP contribution is 2.39. The minimum atomic E-state index is -3.50. The van der Waals surface area contributed by atoms with E-state index >= 15 is 8.78 Å². The third-order valence-corrected chi connectivity index (χ3v) is 5.97. The largest absolute Gasteiger partial charge is 0.481 e. The summed E-state index contributed by atoms with van der Waals surface area (Å²) in [5.41, 5.74) is 0. The van der Waals surface area contributed by atoms with Gasteiger partial charge in [-0.15, -0.1) is 0 Å². The van der Waals surface area contributed by atoms with Crippen LogP contribution in [0, 0.1) is 5.92 Å². The van der Waals surface area contributed by atoms with E-state index in [1.165, 1.54) is 14.0 Å². The van der Waals surface area contributed by atoms with Gasteiger partial charge in [0.05, 0.1) is 12.5 Å². The maximum atomic E-state index is 15.6. The maximum absolute atomic E-state index is 15.6. The Hall–Kier alpha value is -0.910. The van der Waals surface area contributed by atoms with Crippen LogP contribution in [-0.4, -0.2) is 87.8 Å². The van der Waals surface area contributed by atoms with E-state index < -0.39 is 54.8 Å². The lowest BCUT2D eigenvalue weighted by Gasteiger charge is -2.48. The molecule has 35 heavy (non-hydrogen) atoms. The first-order valence-electron chi connectivity index (χ1n) is 12.9. The number of carbonyl (C=O) groups is 1. The molecule has 208 valence electrons. The Bertz CT molecular complexity index is 566. The smallest absolute Gasteiger partial charge is 0.306 e. The fourth-order valence-electron chi connectivity index (χ4n) is 3.89. The van der Waals surface area contributed by atoms with Crippen LogP contribution in [0.1, 0.15) is 72.6 Å². The van der Waals surface area contributed by atoms with Crippen LogP contribution in [0.15, 0.2) is 0 Å². The second kappa shape index (κ2) is 17.5. The van der Waals surface area contributed by atoms with Gasteiger partial charge >= 0.3 is 5.97 Å². The van der Waals surface area contributed by atoms with E-state index in [-0.39, 0.29) is 13.4 Å². The van der Waals surface area contributed by atoms with Crippen molar-refractivity contribution < 1.29 is 47.1 Å². The molecule has 1 aliphatic rings. The van der Waals surface area contributed by atoms with Gasteiger partial charge in [0.25, 0.3) is 5.92 Å². The zero-order chi connectivity index (χ0) is 26.3. The average molecular weight is 513 g/mol. The molecule has 0 bridgehead atoms. The Morgan fingerprint density at radius 1 is 0.943 bits per heavy atom. The normalized spacial score (nSPS) is 26.1. The molecular formula is C25H46F2O8. The van der Waals surface area contributed by atoms with Gasteiger partial charge in [0.15, 0.2) is 6.10 Å². The number of unbranched alkanes of at least 4 members (excludes halogenated alkanes) is 3. The summed E-state index contributed by atoms with van der Waals surface area (Å²) in [5.74, 6) is -6.07. The predicted molar refractivity (Wildman–Crippen MR) is 127 cm³/mol. The van der Waals surface area contributed by atoms with E-state index in [0.717, 1.165) is 38.5 Å². The molecule has 1 N–H and O–H groups in total. The summed E-state index contributed by atoms with van der Waals surface area (Å²) in [7, 11) is 1.40. The molecule has 0 aliphatic carbocycles. The first-order valence-corrected chi connectivity index (χ1v) is 12.9. The predicted octanol–water partition coefficient (Wildman–Crippen LogP) is 4.68. The number of methoxy groups -OCH3 is 1. The molecule has 10 heteroatoms. The third-order valence-electron chi connectivity index (χ3n) is 5.97. The molecule has 0 aromatic rings. The molecule has 1 saturated heterocycles. The van der Waals surface area contributed by atoms with E-state index in [2.05, 4.69) is 0 Å². The summed E-state index contributed by atoms with van der Waals surface area (Å²) in [6.45, 7) is 8.37. The topological polar surface area (TPSA) is 92.7 Å². The molecule has 0 radical (unpaired) electrons. The van der Waals surface area contributed by atoms with E-state index in [4.69, 9.17) is 28.4 Å². The van der Waals surface area contributed by atoms with Crippen molar-refractivity contribution in [3.8, 4) is 0 Å². The number of hydrogen-bond acceptors (Lipinski definition) is 7. The zero-order valence-electron chi connectivity index (χ0n) is 22.0. The molecule has 0 aromatic carbocycles. The number of carboxylic acid groups (broad SMARTS) is 1. The van der Waals surface area contributed by atoms with Gasteiger partial charge in [-0.05, 0) is 19.3 Å². The van der Waals surface area contributed by atoms with Crippen LogP contribution in [0.2, 0.25) is 0 Å². The Morgan fingerprint density at radius 3 is 2.06 bits per heavy atom. The van der Waals surface area contributed by atoms with Crippen molar-refractivity contribution in [2.24, 2.45) is 5.92 Å². The van der Waals surface area contributed by atoms with Crippen LogP contribution >= 0.6 is 0 Å². The molecule has 0 amide bonds. The minimum Gasteiger partial charge on any atom is -0.481 e. The minimum absolute atomic E-state index is 0.0580. The van der Waals surface area contributed by atoms with Crippen molar-refractivity contribution >= 4 is 5.97 Å². The van der Waals surface area contributed by atoms with Crippen LogP contribution in [-0.2, 0) is 33.2 Å². The van der Waals surface area contributed by atoms with E-state index in [9.17, 15) is 9.90 Å². The van der Waals surface area contributed by atoms with Gasteiger partial charge in [0.1, 0.15) is 31.2 Å². The van der Waals surface area contributed by atoms with Crippen LogP contribution < -0.4 is 0 Å². The Balaban J connectivity index is 3.31. The van der Waals surface area contributed by atoms with Crippen molar-refractivity contribution in [2.75, 3.05) is 40.3 Å². The number of hydrogen-bond donors (Lipinski definition) is 1. The Morgan fingerprint density at radius 2 is 1.51 bits per heavy atom. The number of ether oxygens (including phenoxy) is 6. The number of halogens is 2. The van der Waals surface area contributed by atoms with Crippen molar-refractivity contribution in [3.63, 3.8) is 0 Å². The van der Waals surface area contributed by atoms with Gasteiger partial charge in [0.2, 0.25) is 0 Å². The summed E-state index contributed by atoms with van der Waals surface area (Å²) < 4.78 is 65.8. The van der Waals surface area contributed by atoms with Gasteiger partial charge in [-0.3, -0.25) is 4.79 Å². The first-order chi connectivity index (χ1) is 16.7. The second-order valence-electron chi connectivity index (χ2n) is 9.14. The van der Waals surface area contributed by atoms with Crippen LogP contribution in [0.25, 0.3) is 0 Å². The molecule has 1 aliphatic heterocycles. The van der Waals surface area contributed by atoms with Gasteiger partial charge < -0.3 is 33.5 Å². The average Bonchev–Trinajstić information content (AvgIpc) is 2.81. The lowest BCUT2D eigenvalue weighted by Crippen LogP contribution is -2.65. The first kappa shape index (κ1) is 32.1. The molecule has 0 unspecified atom stereocenters. The number of alkyl halides is 2. The Labute approximate surface area is 208 Å². The van der Waals surface area contributed by atoms with Crippen LogP contribution in [0.4, 0.5) is 8.78 Å². The van der Waals surface area contributed by atoms with E-state index in [1.54, 1.807) is 0 Å². The molecule has 6 atom stereocenters. The number of rotatable bonds is 20. The highest BCUT2D eigenvalue weighted by molar-refractivity contribution is 5.69. The van der Waals surface area contributed by atoms with Gasteiger partial charge in [0, 0.05) is 33.4 Å². The molecule has 8 nitrogen and oxygen atoms in total. The molecule has 1 heterocycles. The monoisotopic (exact) mass is 512 g/mol. The summed E-state index contributed by atoms with van der Waals surface area (Å²) in [6, 6.07) is 0. The number of carboxylic acids is 1. The van der Waals surface area contributed by atoms with Gasteiger partial charge in [-0.1, -0.05) is 47.0 Å². The maximum Gasteiger partial charge on any atom is 0.306 e. The summed E-state index contributed by atoms with van der Waals surface area (Å²) >= 11 is 0. The SMILES string of the molecule is CCCCOC[C@H]1O[C@H](C(F)(F)C[C@@H](C)C(=O)O)[C@H](OCOC)[C@@H](OCCCC)[C@H]1OCCCC. The van der Waals surface area contributed by atoms with E-state index in [0.29, 0.717) is 19.8 Å². The molecule has 0 saturated carbocycles. The second-order valence-corrected chi connectivity index (χ2v) is 9.14.